The largest absolute Gasteiger partial charge is 0.379 e. The summed E-state index contributed by atoms with van der Waals surface area (Å²) < 4.78 is 18.1. The standard InChI is InChI=1S/C13H13FN2OS/c14-10-3-1-9(2-4-10)12-16-11(5-18-12)13(6-15)7-17-8-13/h1-5H,6-8,15H2. The fourth-order valence-corrected chi connectivity index (χ4v) is 2.91. The van der Waals surface area contributed by atoms with Crippen molar-refractivity contribution in [3.63, 3.8) is 0 Å². The Kier molecular flexibility index (Phi) is 2.89. The summed E-state index contributed by atoms with van der Waals surface area (Å²) in [5.74, 6) is -0.235. The summed E-state index contributed by atoms with van der Waals surface area (Å²) in [5, 5.41) is 2.92. The van der Waals surface area contributed by atoms with Crippen molar-refractivity contribution in [1.29, 1.82) is 0 Å². The number of rotatable bonds is 3. The molecule has 2 N–H and O–H groups in total. The van der Waals surface area contributed by atoms with Crippen molar-refractivity contribution >= 4 is 11.3 Å². The number of ether oxygens (including phenoxy) is 1. The Labute approximate surface area is 108 Å². The topological polar surface area (TPSA) is 48.1 Å². The van der Waals surface area contributed by atoms with E-state index in [0.29, 0.717) is 19.8 Å². The predicted molar refractivity (Wildman–Crippen MR) is 69.1 cm³/mol. The van der Waals surface area contributed by atoms with E-state index in [-0.39, 0.29) is 11.2 Å². The first-order valence-electron chi connectivity index (χ1n) is 5.73. The fourth-order valence-electron chi connectivity index (χ4n) is 1.96. The van der Waals surface area contributed by atoms with Crippen molar-refractivity contribution in [3.05, 3.63) is 41.2 Å². The maximum absolute atomic E-state index is 12.9. The van der Waals surface area contributed by atoms with Gasteiger partial charge < -0.3 is 10.5 Å². The monoisotopic (exact) mass is 264 g/mol. The van der Waals surface area contributed by atoms with Crippen LogP contribution in [0.15, 0.2) is 29.6 Å². The van der Waals surface area contributed by atoms with E-state index in [0.717, 1.165) is 16.3 Å². The van der Waals surface area contributed by atoms with Crippen molar-refractivity contribution in [1.82, 2.24) is 4.98 Å². The normalized spacial score (nSPS) is 17.4. The minimum atomic E-state index is -0.235. The molecule has 1 aromatic carbocycles. The third kappa shape index (κ3) is 1.84. The Bertz CT molecular complexity index is 543. The minimum Gasteiger partial charge on any atom is -0.379 e. The van der Waals surface area contributed by atoms with Gasteiger partial charge in [0.15, 0.2) is 0 Å². The van der Waals surface area contributed by atoms with Gasteiger partial charge in [-0.2, -0.15) is 0 Å². The molecule has 0 bridgehead atoms. The van der Waals surface area contributed by atoms with E-state index in [1.165, 1.54) is 12.1 Å². The Hall–Kier alpha value is -1.30. The van der Waals surface area contributed by atoms with Crippen LogP contribution >= 0.6 is 11.3 Å². The first-order chi connectivity index (χ1) is 8.73. The van der Waals surface area contributed by atoms with Crippen molar-refractivity contribution in [3.8, 4) is 10.6 Å². The Morgan fingerprint density at radius 2 is 2.06 bits per heavy atom. The highest BCUT2D eigenvalue weighted by Gasteiger charge is 2.41. The van der Waals surface area contributed by atoms with Crippen LogP contribution in [0.4, 0.5) is 4.39 Å². The van der Waals surface area contributed by atoms with Gasteiger partial charge in [-0.25, -0.2) is 9.37 Å². The second-order valence-corrected chi connectivity index (χ2v) is 5.38. The van der Waals surface area contributed by atoms with Crippen LogP contribution in [-0.2, 0) is 10.2 Å². The van der Waals surface area contributed by atoms with Crippen molar-refractivity contribution in [2.45, 2.75) is 5.41 Å². The molecule has 0 spiro atoms. The van der Waals surface area contributed by atoms with Gasteiger partial charge >= 0.3 is 0 Å². The lowest BCUT2D eigenvalue weighted by molar-refractivity contribution is -0.0568. The number of nitrogens with zero attached hydrogens (tertiary/aromatic N) is 1. The van der Waals surface area contributed by atoms with Gasteiger partial charge in [-0.1, -0.05) is 0 Å². The smallest absolute Gasteiger partial charge is 0.123 e. The Morgan fingerprint density at radius 3 is 2.61 bits per heavy atom. The summed E-state index contributed by atoms with van der Waals surface area (Å²) in [6.07, 6.45) is 0. The molecule has 1 aliphatic rings. The number of hydrogen-bond acceptors (Lipinski definition) is 4. The summed E-state index contributed by atoms with van der Waals surface area (Å²) >= 11 is 1.56. The second-order valence-electron chi connectivity index (χ2n) is 4.52. The molecule has 1 fully saturated rings. The molecule has 1 aliphatic heterocycles. The lowest BCUT2D eigenvalue weighted by Crippen LogP contribution is -2.52. The number of halogens is 1. The van der Waals surface area contributed by atoms with Crippen LogP contribution in [0.2, 0.25) is 0 Å². The highest BCUT2D eigenvalue weighted by molar-refractivity contribution is 7.13. The molecule has 3 rings (SSSR count). The summed E-state index contributed by atoms with van der Waals surface area (Å²) in [5.41, 5.74) is 7.60. The molecule has 0 saturated carbocycles. The average molecular weight is 264 g/mol. The molecule has 1 aromatic heterocycles. The van der Waals surface area contributed by atoms with E-state index < -0.39 is 0 Å². The summed E-state index contributed by atoms with van der Waals surface area (Å²) in [6, 6.07) is 6.37. The van der Waals surface area contributed by atoms with Crippen LogP contribution in [-0.4, -0.2) is 24.7 Å². The third-order valence-electron chi connectivity index (χ3n) is 3.29. The highest BCUT2D eigenvalue weighted by Crippen LogP contribution is 2.34. The molecule has 18 heavy (non-hydrogen) atoms. The minimum absolute atomic E-state index is 0.116. The van der Waals surface area contributed by atoms with Crippen molar-refractivity contribution in [2.75, 3.05) is 19.8 Å². The summed E-state index contributed by atoms with van der Waals surface area (Å²) in [4.78, 5) is 4.61. The Morgan fingerprint density at radius 1 is 1.33 bits per heavy atom. The number of benzene rings is 1. The predicted octanol–water partition coefficient (Wildman–Crippen LogP) is 2.18. The lowest BCUT2D eigenvalue weighted by atomic mass is 9.83. The molecule has 0 aliphatic carbocycles. The van der Waals surface area contributed by atoms with Gasteiger partial charge in [-0.05, 0) is 24.3 Å². The van der Waals surface area contributed by atoms with Crippen LogP contribution in [0.1, 0.15) is 5.69 Å². The van der Waals surface area contributed by atoms with E-state index in [1.807, 2.05) is 5.38 Å². The molecule has 2 aromatic rings. The van der Waals surface area contributed by atoms with E-state index in [9.17, 15) is 4.39 Å². The second kappa shape index (κ2) is 4.42. The molecular weight excluding hydrogens is 251 g/mol. The first-order valence-corrected chi connectivity index (χ1v) is 6.61. The molecule has 0 amide bonds. The third-order valence-corrected chi connectivity index (χ3v) is 4.18. The molecule has 0 unspecified atom stereocenters. The summed E-state index contributed by atoms with van der Waals surface area (Å²) in [7, 11) is 0. The van der Waals surface area contributed by atoms with Crippen LogP contribution in [0.3, 0.4) is 0 Å². The molecule has 3 nitrogen and oxygen atoms in total. The van der Waals surface area contributed by atoms with Gasteiger partial charge in [0.05, 0.1) is 24.3 Å². The molecule has 0 radical (unpaired) electrons. The zero-order valence-corrected chi connectivity index (χ0v) is 10.5. The molecular formula is C13H13FN2OS. The van der Waals surface area contributed by atoms with E-state index in [1.54, 1.807) is 23.5 Å². The van der Waals surface area contributed by atoms with Crippen LogP contribution < -0.4 is 5.73 Å². The molecule has 94 valence electrons. The zero-order chi connectivity index (χ0) is 12.6. The van der Waals surface area contributed by atoms with Gasteiger partial charge in [-0.3, -0.25) is 0 Å². The van der Waals surface area contributed by atoms with Crippen LogP contribution in [0, 0.1) is 5.82 Å². The number of aromatic nitrogens is 1. The van der Waals surface area contributed by atoms with Crippen LogP contribution in [0.25, 0.3) is 10.6 Å². The van der Waals surface area contributed by atoms with Gasteiger partial charge in [0.1, 0.15) is 10.8 Å². The highest BCUT2D eigenvalue weighted by atomic mass is 32.1. The zero-order valence-electron chi connectivity index (χ0n) is 9.73. The van der Waals surface area contributed by atoms with Crippen molar-refractivity contribution in [2.24, 2.45) is 5.73 Å². The van der Waals surface area contributed by atoms with E-state index in [2.05, 4.69) is 4.98 Å². The maximum Gasteiger partial charge on any atom is 0.123 e. The Balaban J connectivity index is 1.91. The number of thiazole rings is 1. The fraction of sp³-hybridized carbons (Fsp3) is 0.308. The quantitative estimate of drug-likeness (QED) is 0.924. The molecule has 5 heteroatoms. The van der Waals surface area contributed by atoms with Crippen LogP contribution in [0.5, 0.6) is 0 Å². The van der Waals surface area contributed by atoms with Gasteiger partial charge in [-0.15, -0.1) is 11.3 Å². The number of nitrogens with two attached hydrogens (primary N) is 1. The molecule has 0 atom stereocenters. The SMILES string of the molecule is NCC1(c2csc(-c3ccc(F)cc3)n2)COC1. The van der Waals surface area contributed by atoms with Gasteiger partial charge in [0.2, 0.25) is 0 Å². The average Bonchev–Trinajstić information content (AvgIpc) is 2.79. The van der Waals surface area contributed by atoms with Crippen molar-refractivity contribution < 1.29 is 9.13 Å². The first kappa shape index (κ1) is 11.8. The van der Waals surface area contributed by atoms with Gasteiger partial charge in [0.25, 0.3) is 0 Å². The number of hydrogen-bond donors (Lipinski definition) is 1. The molecule has 1 saturated heterocycles. The van der Waals surface area contributed by atoms with E-state index >= 15 is 0 Å². The van der Waals surface area contributed by atoms with E-state index in [4.69, 9.17) is 10.5 Å². The summed E-state index contributed by atoms with van der Waals surface area (Å²) in [6.45, 7) is 1.81. The van der Waals surface area contributed by atoms with Gasteiger partial charge in [0, 0.05) is 17.5 Å². The maximum atomic E-state index is 12.9. The molecule has 2 heterocycles. The lowest BCUT2D eigenvalue weighted by Gasteiger charge is -2.39.